The molecule has 0 spiro atoms. The SMILES string of the molecule is COCC(=O)CS(=O)(=O)c1ccc(C)cc1. The first-order chi connectivity index (χ1) is 7.45. The minimum absolute atomic E-state index is 0.169. The van der Waals surface area contributed by atoms with Crippen LogP contribution in [0, 0.1) is 6.92 Å². The molecule has 16 heavy (non-hydrogen) atoms. The molecule has 88 valence electrons. The number of sulfone groups is 1. The van der Waals surface area contributed by atoms with Gasteiger partial charge in [0.2, 0.25) is 0 Å². The van der Waals surface area contributed by atoms with E-state index in [2.05, 4.69) is 4.74 Å². The van der Waals surface area contributed by atoms with Crippen LogP contribution in [0.1, 0.15) is 5.56 Å². The van der Waals surface area contributed by atoms with Gasteiger partial charge in [-0.05, 0) is 19.1 Å². The number of ketones is 1. The van der Waals surface area contributed by atoms with Crippen molar-refractivity contribution in [3.05, 3.63) is 29.8 Å². The number of ether oxygens (including phenoxy) is 1. The summed E-state index contributed by atoms with van der Waals surface area (Å²) in [5.74, 6) is -0.952. The van der Waals surface area contributed by atoms with Crippen LogP contribution in [0.3, 0.4) is 0 Å². The molecule has 0 bridgehead atoms. The van der Waals surface area contributed by atoms with Gasteiger partial charge in [-0.3, -0.25) is 4.79 Å². The number of Topliss-reactive ketones (excluding diaryl/α,β-unsaturated/α-hetero) is 1. The van der Waals surface area contributed by atoms with E-state index >= 15 is 0 Å². The lowest BCUT2D eigenvalue weighted by Gasteiger charge is -2.03. The maximum Gasteiger partial charge on any atom is 0.185 e. The molecule has 0 aliphatic rings. The minimum atomic E-state index is -3.53. The Morgan fingerprint density at radius 3 is 2.31 bits per heavy atom. The molecule has 0 aliphatic heterocycles. The van der Waals surface area contributed by atoms with Crippen LogP contribution in [0.15, 0.2) is 29.2 Å². The summed E-state index contributed by atoms with van der Waals surface area (Å²) in [6, 6.07) is 6.41. The zero-order valence-corrected chi connectivity index (χ0v) is 10.1. The van der Waals surface area contributed by atoms with Crippen molar-refractivity contribution in [3.63, 3.8) is 0 Å². The molecule has 0 saturated heterocycles. The molecule has 0 radical (unpaired) electrons. The van der Waals surface area contributed by atoms with Crippen molar-refractivity contribution in [2.24, 2.45) is 0 Å². The fourth-order valence-corrected chi connectivity index (χ4v) is 2.47. The highest BCUT2D eigenvalue weighted by molar-refractivity contribution is 7.92. The third-order valence-electron chi connectivity index (χ3n) is 2.04. The van der Waals surface area contributed by atoms with Crippen LogP contribution in [0.2, 0.25) is 0 Å². The summed E-state index contributed by atoms with van der Waals surface area (Å²) in [7, 11) is -2.17. The molecule has 5 heteroatoms. The Morgan fingerprint density at radius 1 is 1.25 bits per heavy atom. The normalized spacial score (nSPS) is 11.4. The van der Waals surface area contributed by atoms with E-state index < -0.39 is 21.4 Å². The second-order valence-electron chi connectivity index (χ2n) is 3.54. The number of hydrogen-bond acceptors (Lipinski definition) is 4. The summed E-state index contributed by atoms with van der Waals surface area (Å²) in [5, 5.41) is 0. The summed E-state index contributed by atoms with van der Waals surface area (Å²) in [6.45, 7) is 1.69. The summed E-state index contributed by atoms with van der Waals surface area (Å²) >= 11 is 0. The van der Waals surface area contributed by atoms with E-state index in [0.717, 1.165) is 5.56 Å². The second kappa shape index (κ2) is 5.23. The van der Waals surface area contributed by atoms with Crippen LogP contribution in [0.25, 0.3) is 0 Å². The van der Waals surface area contributed by atoms with Gasteiger partial charge in [0, 0.05) is 7.11 Å². The largest absolute Gasteiger partial charge is 0.377 e. The first-order valence-corrected chi connectivity index (χ1v) is 6.41. The molecular formula is C11H14O4S. The molecule has 0 fully saturated rings. The van der Waals surface area contributed by atoms with Gasteiger partial charge in [0.25, 0.3) is 0 Å². The van der Waals surface area contributed by atoms with Gasteiger partial charge >= 0.3 is 0 Å². The summed E-state index contributed by atoms with van der Waals surface area (Å²) < 4.78 is 28.1. The lowest BCUT2D eigenvalue weighted by atomic mass is 10.2. The highest BCUT2D eigenvalue weighted by atomic mass is 32.2. The van der Waals surface area contributed by atoms with Crippen molar-refractivity contribution in [2.75, 3.05) is 19.5 Å². The molecule has 0 aliphatic carbocycles. The third kappa shape index (κ3) is 3.43. The van der Waals surface area contributed by atoms with Crippen molar-refractivity contribution < 1.29 is 17.9 Å². The van der Waals surface area contributed by atoms with Crippen LogP contribution in [0.5, 0.6) is 0 Å². The average molecular weight is 242 g/mol. The fraction of sp³-hybridized carbons (Fsp3) is 0.364. The van der Waals surface area contributed by atoms with Gasteiger partial charge < -0.3 is 4.74 Å². The van der Waals surface area contributed by atoms with E-state index in [-0.39, 0.29) is 11.5 Å². The lowest BCUT2D eigenvalue weighted by Crippen LogP contribution is -2.19. The number of aryl methyl sites for hydroxylation is 1. The topological polar surface area (TPSA) is 60.4 Å². The van der Waals surface area contributed by atoms with Crippen LogP contribution >= 0.6 is 0 Å². The Hall–Kier alpha value is -1.20. The molecule has 1 aromatic carbocycles. The molecule has 0 heterocycles. The van der Waals surface area contributed by atoms with Crippen LogP contribution < -0.4 is 0 Å². The van der Waals surface area contributed by atoms with Crippen molar-refractivity contribution in [2.45, 2.75) is 11.8 Å². The zero-order valence-electron chi connectivity index (χ0n) is 9.26. The molecular weight excluding hydrogens is 228 g/mol. The Balaban J connectivity index is 2.86. The van der Waals surface area contributed by atoms with Crippen molar-refractivity contribution in [1.82, 2.24) is 0 Å². The van der Waals surface area contributed by atoms with E-state index in [1.807, 2.05) is 6.92 Å². The highest BCUT2D eigenvalue weighted by Crippen LogP contribution is 2.12. The maximum atomic E-state index is 11.8. The van der Waals surface area contributed by atoms with E-state index in [1.54, 1.807) is 12.1 Å². The Kier molecular flexibility index (Phi) is 4.20. The summed E-state index contributed by atoms with van der Waals surface area (Å²) in [5.41, 5.74) is 0.974. The predicted octanol–water partition coefficient (Wildman–Crippen LogP) is 0.984. The first-order valence-electron chi connectivity index (χ1n) is 4.76. The second-order valence-corrected chi connectivity index (χ2v) is 5.53. The smallest absolute Gasteiger partial charge is 0.185 e. The molecule has 4 nitrogen and oxygen atoms in total. The molecule has 0 amide bonds. The number of methoxy groups -OCH3 is 1. The molecule has 0 aromatic heterocycles. The monoisotopic (exact) mass is 242 g/mol. The van der Waals surface area contributed by atoms with E-state index in [1.165, 1.54) is 19.2 Å². The van der Waals surface area contributed by atoms with Crippen molar-refractivity contribution >= 4 is 15.6 Å². The lowest BCUT2D eigenvalue weighted by molar-refractivity contribution is -0.120. The van der Waals surface area contributed by atoms with Gasteiger partial charge in [-0.25, -0.2) is 8.42 Å². The van der Waals surface area contributed by atoms with Gasteiger partial charge in [0.15, 0.2) is 15.6 Å². The van der Waals surface area contributed by atoms with E-state index in [4.69, 9.17) is 0 Å². The molecule has 0 saturated carbocycles. The molecule has 1 aromatic rings. The molecule has 0 atom stereocenters. The van der Waals surface area contributed by atoms with E-state index in [9.17, 15) is 13.2 Å². The Bertz CT molecular complexity index is 459. The summed E-state index contributed by atoms with van der Waals surface area (Å²) in [6.07, 6.45) is 0. The Labute approximate surface area is 95.2 Å². The molecule has 1 rings (SSSR count). The van der Waals surface area contributed by atoms with Gasteiger partial charge in [-0.2, -0.15) is 0 Å². The Morgan fingerprint density at radius 2 is 1.81 bits per heavy atom. The molecule has 0 N–H and O–H groups in total. The van der Waals surface area contributed by atoms with Crippen LogP contribution in [0.4, 0.5) is 0 Å². The quantitative estimate of drug-likeness (QED) is 0.772. The zero-order chi connectivity index (χ0) is 12.2. The third-order valence-corrected chi connectivity index (χ3v) is 3.73. The van der Waals surface area contributed by atoms with Crippen LogP contribution in [-0.4, -0.2) is 33.7 Å². The van der Waals surface area contributed by atoms with Crippen molar-refractivity contribution in [1.29, 1.82) is 0 Å². The number of carbonyl (C=O) groups excluding carboxylic acids is 1. The van der Waals surface area contributed by atoms with Gasteiger partial charge in [0.05, 0.1) is 4.90 Å². The maximum absolute atomic E-state index is 11.8. The van der Waals surface area contributed by atoms with Gasteiger partial charge in [0.1, 0.15) is 12.4 Å². The fourth-order valence-electron chi connectivity index (χ4n) is 1.24. The van der Waals surface area contributed by atoms with Gasteiger partial charge in [-0.15, -0.1) is 0 Å². The number of hydrogen-bond donors (Lipinski definition) is 0. The standard InChI is InChI=1S/C11H14O4S/c1-9-3-5-11(6-4-9)16(13,14)8-10(12)7-15-2/h3-6H,7-8H2,1-2H3. The highest BCUT2D eigenvalue weighted by Gasteiger charge is 2.18. The number of carbonyl (C=O) groups is 1. The van der Waals surface area contributed by atoms with Gasteiger partial charge in [-0.1, -0.05) is 17.7 Å². The summed E-state index contributed by atoms with van der Waals surface area (Å²) in [4.78, 5) is 11.4. The number of rotatable bonds is 5. The van der Waals surface area contributed by atoms with Crippen molar-refractivity contribution in [3.8, 4) is 0 Å². The minimum Gasteiger partial charge on any atom is -0.377 e. The average Bonchev–Trinajstić information content (AvgIpc) is 2.17. The number of benzene rings is 1. The molecule has 0 unspecified atom stereocenters. The van der Waals surface area contributed by atoms with Crippen LogP contribution in [-0.2, 0) is 19.4 Å². The first kappa shape index (κ1) is 12.9. The van der Waals surface area contributed by atoms with E-state index in [0.29, 0.717) is 0 Å². The predicted molar refractivity (Wildman–Crippen MR) is 60.1 cm³/mol.